The van der Waals surface area contributed by atoms with Gasteiger partial charge in [0.05, 0.1) is 12.8 Å². The van der Waals surface area contributed by atoms with Gasteiger partial charge >= 0.3 is 6.03 Å². The molecule has 1 aromatic carbocycles. The van der Waals surface area contributed by atoms with Crippen LogP contribution in [0.3, 0.4) is 0 Å². The second-order valence-electron chi connectivity index (χ2n) is 7.35. The Morgan fingerprint density at radius 3 is 2.69 bits per heavy atom. The molecule has 0 atom stereocenters. The van der Waals surface area contributed by atoms with Crippen LogP contribution in [0.2, 0.25) is 0 Å². The van der Waals surface area contributed by atoms with Crippen LogP contribution in [0.25, 0.3) is 0 Å². The van der Waals surface area contributed by atoms with Crippen molar-refractivity contribution in [1.29, 1.82) is 0 Å². The summed E-state index contributed by atoms with van der Waals surface area (Å²) in [5.74, 6) is 3.16. The van der Waals surface area contributed by atoms with Gasteiger partial charge in [0.25, 0.3) is 0 Å². The van der Waals surface area contributed by atoms with Gasteiger partial charge in [-0.25, -0.2) is 14.8 Å². The van der Waals surface area contributed by atoms with Crippen LogP contribution in [0, 0.1) is 0 Å². The number of ether oxygens (including phenoxy) is 1. The van der Waals surface area contributed by atoms with E-state index >= 15 is 0 Å². The monoisotopic (exact) mass is 514 g/mol. The number of thiazole rings is 1. The summed E-state index contributed by atoms with van der Waals surface area (Å²) in [6.45, 7) is 2.32. The van der Waals surface area contributed by atoms with E-state index < -0.39 is 0 Å². The Kier molecular flexibility index (Phi) is 10.5. The molecule has 186 valence electrons. The molecule has 0 aliphatic heterocycles. The molecule has 2 aromatic heterocycles. The minimum absolute atomic E-state index is 0.00218. The van der Waals surface area contributed by atoms with Gasteiger partial charge in [-0.1, -0.05) is 18.2 Å². The number of benzene rings is 1. The summed E-state index contributed by atoms with van der Waals surface area (Å²) < 4.78 is 5.24. The molecule has 0 aliphatic carbocycles. The molecular formula is C23H30N8O2S2. The predicted molar refractivity (Wildman–Crippen MR) is 143 cm³/mol. The van der Waals surface area contributed by atoms with E-state index in [4.69, 9.17) is 16.2 Å². The van der Waals surface area contributed by atoms with Crippen molar-refractivity contribution in [2.45, 2.75) is 12.3 Å². The topological polar surface area (TPSA) is 144 Å². The first kappa shape index (κ1) is 26.1. The van der Waals surface area contributed by atoms with Gasteiger partial charge in [-0.3, -0.25) is 0 Å². The van der Waals surface area contributed by atoms with E-state index in [1.807, 2.05) is 47.8 Å². The van der Waals surface area contributed by atoms with Crippen LogP contribution in [0.4, 0.5) is 15.7 Å². The van der Waals surface area contributed by atoms with Gasteiger partial charge in [0.15, 0.2) is 5.96 Å². The Morgan fingerprint density at radius 2 is 1.97 bits per heavy atom. The maximum absolute atomic E-state index is 12.2. The fourth-order valence-electron chi connectivity index (χ4n) is 3.07. The summed E-state index contributed by atoms with van der Waals surface area (Å²) >= 11 is 3.07. The van der Waals surface area contributed by atoms with Crippen LogP contribution >= 0.6 is 23.1 Å². The van der Waals surface area contributed by atoms with Crippen LogP contribution in [0.1, 0.15) is 11.3 Å². The fraction of sp³-hybridized carbons (Fsp3) is 0.304. The van der Waals surface area contributed by atoms with Gasteiger partial charge in [0.2, 0.25) is 5.13 Å². The second kappa shape index (κ2) is 14.0. The number of carbonyl (C=O) groups excluding carboxylic acids is 1. The SMILES string of the molecule is COc1ccc(CN(CCNC(=O)NCCSCc2csc(N=C(N)N)n2)c2ccccn2)cc1. The number of rotatable bonds is 13. The Balaban J connectivity index is 1.37. The van der Waals surface area contributed by atoms with Crippen LogP contribution in [0.15, 0.2) is 59.0 Å². The lowest BCUT2D eigenvalue weighted by Gasteiger charge is -2.24. The molecule has 0 saturated heterocycles. The van der Waals surface area contributed by atoms with Crippen LogP contribution in [0.5, 0.6) is 5.75 Å². The normalized spacial score (nSPS) is 10.4. The van der Waals surface area contributed by atoms with Crippen molar-refractivity contribution in [3.63, 3.8) is 0 Å². The molecule has 3 aromatic rings. The van der Waals surface area contributed by atoms with E-state index in [-0.39, 0.29) is 12.0 Å². The lowest BCUT2D eigenvalue weighted by atomic mass is 10.2. The summed E-state index contributed by atoms with van der Waals surface area (Å²) in [6.07, 6.45) is 1.77. The van der Waals surface area contributed by atoms with E-state index in [1.54, 1.807) is 25.1 Å². The van der Waals surface area contributed by atoms with Crippen LogP contribution < -0.4 is 31.7 Å². The lowest BCUT2D eigenvalue weighted by Crippen LogP contribution is -2.41. The largest absolute Gasteiger partial charge is 0.497 e. The smallest absolute Gasteiger partial charge is 0.314 e. The first-order valence-corrected chi connectivity index (χ1v) is 13.0. The van der Waals surface area contributed by atoms with Crippen LogP contribution in [-0.4, -0.2) is 54.5 Å². The minimum atomic E-state index is -0.195. The van der Waals surface area contributed by atoms with Gasteiger partial charge in [-0.05, 0) is 29.8 Å². The standard InChI is InChI=1S/C23H30N8O2S2/c1-33-19-7-5-17(6-8-19)14-31(20-4-2-3-9-26-20)12-10-27-22(32)28-11-13-34-15-18-16-35-23(29-18)30-21(24)25/h2-9,16H,10-15H2,1H3,(H2,27,28,32)(H4,24,25,29,30). The summed E-state index contributed by atoms with van der Waals surface area (Å²) in [7, 11) is 1.65. The van der Waals surface area contributed by atoms with E-state index in [1.165, 1.54) is 11.3 Å². The number of amides is 2. The Labute approximate surface area is 213 Å². The van der Waals surface area contributed by atoms with E-state index in [9.17, 15) is 4.79 Å². The molecule has 0 saturated carbocycles. The van der Waals surface area contributed by atoms with E-state index in [0.29, 0.717) is 31.3 Å². The molecule has 0 spiro atoms. The van der Waals surface area contributed by atoms with Crippen molar-refractivity contribution >= 4 is 46.0 Å². The van der Waals surface area contributed by atoms with Gasteiger partial charge < -0.3 is 31.7 Å². The molecule has 0 aliphatic rings. The molecule has 0 fully saturated rings. The van der Waals surface area contributed by atoms with Crippen molar-refractivity contribution in [2.24, 2.45) is 16.5 Å². The summed E-state index contributed by atoms with van der Waals surface area (Å²) in [5, 5.41) is 8.27. The third-order valence-electron chi connectivity index (χ3n) is 4.72. The second-order valence-corrected chi connectivity index (χ2v) is 9.29. The number of pyridine rings is 1. The zero-order valence-electron chi connectivity index (χ0n) is 19.5. The third-order valence-corrected chi connectivity index (χ3v) is 6.50. The van der Waals surface area contributed by atoms with E-state index in [0.717, 1.165) is 34.3 Å². The summed E-state index contributed by atoms with van der Waals surface area (Å²) in [6, 6.07) is 13.5. The molecule has 12 heteroatoms. The van der Waals surface area contributed by atoms with Crippen molar-refractivity contribution in [2.75, 3.05) is 37.4 Å². The maximum Gasteiger partial charge on any atom is 0.314 e. The maximum atomic E-state index is 12.2. The Hall–Kier alpha value is -3.51. The highest BCUT2D eigenvalue weighted by Crippen LogP contribution is 2.21. The summed E-state index contributed by atoms with van der Waals surface area (Å²) in [4.78, 5) is 27.1. The highest BCUT2D eigenvalue weighted by molar-refractivity contribution is 7.98. The molecule has 2 amide bonds. The minimum Gasteiger partial charge on any atom is -0.497 e. The van der Waals surface area contributed by atoms with Gasteiger partial charge in [-0.2, -0.15) is 16.8 Å². The number of hydrogen-bond acceptors (Lipinski definition) is 8. The number of nitrogens with one attached hydrogen (secondary N) is 2. The molecule has 3 rings (SSSR count). The molecular weight excluding hydrogens is 484 g/mol. The van der Waals surface area contributed by atoms with Gasteiger partial charge in [-0.15, -0.1) is 11.3 Å². The molecule has 6 N–H and O–H groups in total. The number of carbonyl (C=O) groups is 1. The average Bonchev–Trinajstić information content (AvgIpc) is 3.30. The lowest BCUT2D eigenvalue weighted by molar-refractivity contribution is 0.241. The van der Waals surface area contributed by atoms with Crippen molar-refractivity contribution in [3.05, 3.63) is 65.3 Å². The van der Waals surface area contributed by atoms with Crippen LogP contribution in [-0.2, 0) is 12.3 Å². The number of aliphatic imine (C=N–C) groups is 1. The first-order chi connectivity index (χ1) is 17.0. The number of methoxy groups -OCH3 is 1. The quantitative estimate of drug-likeness (QED) is 0.155. The molecule has 0 radical (unpaired) electrons. The van der Waals surface area contributed by atoms with Crippen molar-refractivity contribution < 1.29 is 9.53 Å². The highest BCUT2D eigenvalue weighted by atomic mass is 32.2. The molecule has 0 bridgehead atoms. The molecule has 0 unspecified atom stereocenters. The number of nitrogens with zero attached hydrogens (tertiary/aromatic N) is 4. The number of nitrogens with two attached hydrogens (primary N) is 2. The third kappa shape index (κ3) is 9.33. The molecule has 35 heavy (non-hydrogen) atoms. The highest BCUT2D eigenvalue weighted by Gasteiger charge is 2.10. The average molecular weight is 515 g/mol. The molecule has 10 nitrogen and oxygen atoms in total. The van der Waals surface area contributed by atoms with Gasteiger partial charge in [0, 0.05) is 49.3 Å². The number of urea groups is 1. The first-order valence-electron chi connectivity index (χ1n) is 11.0. The Bertz CT molecular complexity index is 1070. The number of aromatic nitrogens is 2. The van der Waals surface area contributed by atoms with Gasteiger partial charge in [0.1, 0.15) is 11.6 Å². The van der Waals surface area contributed by atoms with Crippen molar-refractivity contribution in [1.82, 2.24) is 20.6 Å². The number of guanidine groups is 1. The zero-order valence-corrected chi connectivity index (χ0v) is 21.1. The molecule has 2 heterocycles. The number of hydrogen-bond donors (Lipinski definition) is 4. The number of anilines is 1. The van der Waals surface area contributed by atoms with Crippen molar-refractivity contribution in [3.8, 4) is 5.75 Å². The van der Waals surface area contributed by atoms with E-state index in [2.05, 4.69) is 30.5 Å². The summed E-state index contributed by atoms with van der Waals surface area (Å²) in [5.41, 5.74) is 12.8. The fourth-order valence-corrected chi connectivity index (χ4v) is 4.63. The zero-order chi connectivity index (χ0) is 24.9. The Morgan fingerprint density at radius 1 is 1.17 bits per heavy atom. The predicted octanol–water partition coefficient (Wildman–Crippen LogP) is 2.69. The number of thioether (sulfide) groups is 1.